The number of ether oxygens (including phenoxy) is 2. The smallest absolute Gasteiger partial charge is 0.308 e. The number of hydrogen-bond acceptors (Lipinski definition) is 5. The van der Waals surface area contributed by atoms with Crippen LogP contribution in [0.4, 0.5) is 0 Å². The molecule has 0 heterocycles. The van der Waals surface area contributed by atoms with Gasteiger partial charge in [0.1, 0.15) is 0 Å². The number of hydrogen-bond donors (Lipinski definition) is 2. The van der Waals surface area contributed by atoms with E-state index in [-0.39, 0.29) is 24.6 Å². The number of aliphatic hydroxyl groups is 1. The number of benzene rings is 1. The van der Waals surface area contributed by atoms with E-state index in [0.717, 1.165) is 30.6 Å². The van der Waals surface area contributed by atoms with Crippen molar-refractivity contribution in [2.75, 3.05) is 20.3 Å². The van der Waals surface area contributed by atoms with E-state index in [4.69, 9.17) is 9.84 Å². The molecule has 124 valence electrons. The molecule has 1 aromatic carbocycles. The van der Waals surface area contributed by atoms with Gasteiger partial charge in [0.15, 0.2) is 0 Å². The Morgan fingerprint density at radius 3 is 2.27 bits per heavy atom. The Hall–Kier alpha value is -1.04. The minimum absolute atomic E-state index is 0.0500. The SMILES string of the molecule is COC(=O)C1CCC(OCCO)CC1.Cc1ccc(S)cc1. The maximum Gasteiger partial charge on any atom is 0.308 e. The highest BCUT2D eigenvalue weighted by molar-refractivity contribution is 7.80. The molecule has 22 heavy (non-hydrogen) atoms. The summed E-state index contributed by atoms with van der Waals surface area (Å²) in [4.78, 5) is 12.2. The van der Waals surface area contributed by atoms with Crippen molar-refractivity contribution < 1.29 is 19.4 Å². The summed E-state index contributed by atoms with van der Waals surface area (Å²) in [6.07, 6.45) is 3.66. The summed E-state index contributed by atoms with van der Waals surface area (Å²) in [6, 6.07) is 8.06. The summed E-state index contributed by atoms with van der Waals surface area (Å²) in [5, 5.41) is 8.58. The third-order valence-corrected chi connectivity index (χ3v) is 3.99. The molecular weight excluding hydrogens is 300 g/mol. The first-order valence-corrected chi connectivity index (χ1v) is 8.07. The molecule has 5 heteroatoms. The molecule has 2 rings (SSSR count). The van der Waals surface area contributed by atoms with E-state index in [9.17, 15) is 4.79 Å². The van der Waals surface area contributed by atoms with Gasteiger partial charge in [0.25, 0.3) is 0 Å². The van der Waals surface area contributed by atoms with Crippen LogP contribution in [0.3, 0.4) is 0 Å². The number of aryl methyl sites for hydroxylation is 1. The number of esters is 1. The van der Waals surface area contributed by atoms with Gasteiger partial charge in [-0.25, -0.2) is 0 Å². The van der Waals surface area contributed by atoms with Crippen LogP contribution in [0.2, 0.25) is 0 Å². The first-order valence-electron chi connectivity index (χ1n) is 7.62. The zero-order chi connectivity index (χ0) is 16.4. The highest BCUT2D eigenvalue weighted by Gasteiger charge is 2.26. The molecule has 4 nitrogen and oxygen atoms in total. The van der Waals surface area contributed by atoms with E-state index in [0.29, 0.717) is 6.61 Å². The molecule has 1 aromatic rings. The van der Waals surface area contributed by atoms with Gasteiger partial charge in [0.2, 0.25) is 0 Å². The van der Waals surface area contributed by atoms with Crippen LogP contribution in [0.5, 0.6) is 0 Å². The molecule has 1 aliphatic rings. The molecule has 1 aliphatic carbocycles. The normalized spacial score (nSPS) is 20.7. The predicted octanol–water partition coefficient (Wildman–Crippen LogP) is 3.01. The van der Waals surface area contributed by atoms with Crippen LogP contribution in [-0.2, 0) is 14.3 Å². The Morgan fingerprint density at radius 1 is 1.23 bits per heavy atom. The van der Waals surface area contributed by atoms with E-state index in [1.54, 1.807) is 0 Å². The van der Waals surface area contributed by atoms with Gasteiger partial charge >= 0.3 is 5.97 Å². The molecule has 1 N–H and O–H groups in total. The summed E-state index contributed by atoms with van der Waals surface area (Å²) < 4.78 is 10.1. The molecule has 0 bridgehead atoms. The molecule has 0 radical (unpaired) electrons. The van der Waals surface area contributed by atoms with Gasteiger partial charge in [-0.15, -0.1) is 12.6 Å². The maximum absolute atomic E-state index is 11.2. The number of aliphatic hydroxyl groups excluding tert-OH is 1. The van der Waals surface area contributed by atoms with Crippen LogP contribution in [0.25, 0.3) is 0 Å². The molecule has 0 aromatic heterocycles. The van der Waals surface area contributed by atoms with Crippen LogP contribution in [0.1, 0.15) is 31.2 Å². The lowest BCUT2D eigenvalue weighted by atomic mass is 9.87. The van der Waals surface area contributed by atoms with Crippen molar-refractivity contribution in [2.45, 2.75) is 43.6 Å². The van der Waals surface area contributed by atoms with Crippen molar-refractivity contribution >= 4 is 18.6 Å². The first-order chi connectivity index (χ1) is 10.6. The molecular formula is C17H26O4S. The zero-order valence-electron chi connectivity index (χ0n) is 13.3. The third-order valence-electron chi connectivity index (χ3n) is 3.69. The Labute approximate surface area is 138 Å². The average molecular weight is 326 g/mol. The summed E-state index contributed by atoms with van der Waals surface area (Å²) in [5.41, 5.74) is 1.28. The maximum atomic E-state index is 11.2. The quantitative estimate of drug-likeness (QED) is 0.660. The zero-order valence-corrected chi connectivity index (χ0v) is 14.2. The van der Waals surface area contributed by atoms with E-state index in [2.05, 4.69) is 24.3 Å². The number of methoxy groups -OCH3 is 1. The molecule has 0 spiro atoms. The number of carbonyl (C=O) groups excluding carboxylic acids is 1. The van der Waals surface area contributed by atoms with Gasteiger partial charge in [-0.2, -0.15) is 0 Å². The number of thiol groups is 1. The third kappa shape index (κ3) is 7.29. The van der Waals surface area contributed by atoms with Gasteiger partial charge in [-0.3, -0.25) is 4.79 Å². The molecule has 1 fully saturated rings. The average Bonchev–Trinajstić information content (AvgIpc) is 2.56. The first kappa shape index (κ1) is 19.0. The fourth-order valence-electron chi connectivity index (χ4n) is 2.40. The Bertz CT molecular complexity index is 404. The van der Waals surface area contributed by atoms with Gasteiger partial charge < -0.3 is 14.6 Å². The highest BCUT2D eigenvalue weighted by atomic mass is 32.1. The van der Waals surface area contributed by atoms with E-state index >= 15 is 0 Å². The summed E-state index contributed by atoms with van der Waals surface area (Å²) in [5.74, 6) is -0.0559. The van der Waals surface area contributed by atoms with Crippen LogP contribution in [0.15, 0.2) is 29.2 Å². The van der Waals surface area contributed by atoms with Crippen LogP contribution < -0.4 is 0 Å². The molecule has 0 atom stereocenters. The van der Waals surface area contributed by atoms with Gasteiger partial charge in [-0.1, -0.05) is 17.7 Å². The van der Waals surface area contributed by atoms with Crippen molar-refractivity contribution in [2.24, 2.45) is 5.92 Å². The van der Waals surface area contributed by atoms with Crippen LogP contribution >= 0.6 is 12.6 Å². The van der Waals surface area contributed by atoms with Crippen molar-refractivity contribution in [3.8, 4) is 0 Å². The van der Waals surface area contributed by atoms with Gasteiger partial charge in [0, 0.05) is 4.90 Å². The summed E-state index contributed by atoms with van der Waals surface area (Å²) in [6.45, 7) is 2.53. The Balaban J connectivity index is 0.000000255. The standard InChI is InChI=1S/C10H18O4.C7H8S/c1-13-10(12)8-2-4-9(5-3-8)14-7-6-11;1-6-2-4-7(8)5-3-6/h8-9,11H,2-7H2,1H3;2-5,8H,1H3. The molecule has 0 amide bonds. The second kappa shape index (κ2) is 10.6. The second-order valence-electron chi connectivity index (χ2n) is 5.43. The number of carbonyl (C=O) groups is 1. The molecule has 0 unspecified atom stereocenters. The van der Waals surface area contributed by atoms with Crippen molar-refractivity contribution in [3.05, 3.63) is 29.8 Å². The second-order valence-corrected chi connectivity index (χ2v) is 5.94. The molecule has 0 saturated heterocycles. The van der Waals surface area contributed by atoms with E-state index in [1.807, 2.05) is 24.3 Å². The summed E-state index contributed by atoms with van der Waals surface area (Å²) in [7, 11) is 1.43. The van der Waals surface area contributed by atoms with E-state index < -0.39 is 0 Å². The fraction of sp³-hybridized carbons (Fsp3) is 0.588. The molecule has 1 saturated carbocycles. The lowest BCUT2D eigenvalue weighted by molar-refractivity contribution is -0.147. The minimum atomic E-state index is -0.106. The number of rotatable bonds is 4. The molecule has 0 aliphatic heterocycles. The van der Waals surface area contributed by atoms with Crippen LogP contribution in [0, 0.1) is 12.8 Å². The van der Waals surface area contributed by atoms with Gasteiger partial charge in [0.05, 0.1) is 32.3 Å². The lowest BCUT2D eigenvalue weighted by Crippen LogP contribution is -2.27. The Kier molecular flexibility index (Phi) is 9.20. The fourth-order valence-corrected chi connectivity index (χ4v) is 2.55. The monoisotopic (exact) mass is 326 g/mol. The van der Waals surface area contributed by atoms with Crippen molar-refractivity contribution in [3.63, 3.8) is 0 Å². The Morgan fingerprint density at radius 2 is 1.82 bits per heavy atom. The largest absolute Gasteiger partial charge is 0.469 e. The van der Waals surface area contributed by atoms with E-state index in [1.165, 1.54) is 12.7 Å². The van der Waals surface area contributed by atoms with Gasteiger partial charge in [-0.05, 0) is 44.7 Å². The van der Waals surface area contributed by atoms with Crippen LogP contribution in [-0.4, -0.2) is 37.5 Å². The topological polar surface area (TPSA) is 55.8 Å². The highest BCUT2D eigenvalue weighted by Crippen LogP contribution is 2.26. The summed E-state index contributed by atoms with van der Waals surface area (Å²) >= 11 is 4.13. The van der Waals surface area contributed by atoms with Crippen molar-refractivity contribution in [1.82, 2.24) is 0 Å². The predicted molar refractivity (Wildman–Crippen MR) is 89.2 cm³/mol. The lowest BCUT2D eigenvalue weighted by Gasteiger charge is -2.26. The van der Waals surface area contributed by atoms with Crippen molar-refractivity contribution in [1.29, 1.82) is 0 Å². The minimum Gasteiger partial charge on any atom is -0.469 e.